The summed E-state index contributed by atoms with van der Waals surface area (Å²) in [5, 5.41) is 4.45. The van der Waals surface area contributed by atoms with Gasteiger partial charge >= 0.3 is 11.7 Å². The number of piperazine rings is 1. The van der Waals surface area contributed by atoms with Gasteiger partial charge in [0.2, 0.25) is 0 Å². The molecule has 0 aliphatic carbocycles. The lowest BCUT2D eigenvalue weighted by Gasteiger charge is -2.37. The monoisotopic (exact) mass is 555 g/mol. The predicted octanol–water partition coefficient (Wildman–Crippen LogP) is 4.84. The van der Waals surface area contributed by atoms with Crippen LogP contribution in [0.3, 0.4) is 0 Å². The Morgan fingerprint density at radius 3 is 1.98 bits per heavy atom. The fourth-order valence-electron chi connectivity index (χ4n) is 5.28. The summed E-state index contributed by atoms with van der Waals surface area (Å²) in [5.74, 6) is 0.237. The van der Waals surface area contributed by atoms with E-state index >= 15 is 0 Å². The maximum absolute atomic E-state index is 13.3. The van der Waals surface area contributed by atoms with Gasteiger partial charge in [0, 0.05) is 44.5 Å². The molecule has 2 atom stereocenters. The largest absolute Gasteiger partial charge is 0.427 e. The minimum absolute atomic E-state index is 0.166. The second kappa shape index (κ2) is 12.9. The molecule has 1 aromatic heterocycles. The van der Waals surface area contributed by atoms with Crippen molar-refractivity contribution in [2.45, 2.75) is 45.9 Å². The first-order valence-electron chi connectivity index (χ1n) is 14.1. The highest BCUT2D eigenvalue weighted by Crippen LogP contribution is 2.24. The van der Waals surface area contributed by atoms with Crippen molar-refractivity contribution in [2.75, 3.05) is 36.0 Å². The third-order valence-corrected chi connectivity index (χ3v) is 7.56. The molecular formula is C32H37N5O4. The van der Waals surface area contributed by atoms with Crippen LogP contribution in [-0.2, 0) is 16.1 Å². The number of nitrogens with zero attached hydrogens (tertiary/aromatic N) is 5. The van der Waals surface area contributed by atoms with Crippen molar-refractivity contribution in [1.29, 1.82) is 0 Å². The van der Waals surface area contributed by atoms with E-state index in [0.717, 1.165) is 55.2 Å². The van der Waals surface area contributed by atoms with Crippen LogP contribution in [0.15, 0.2) is 90.0 Å². The Hall–Kier alpha value is -4.37. The van der Waals surface area contributed by atoms with Crippen LogP contribution in [0, 0.1) is 0 Å². The molecule has 2 heterocycles. The van der Waals surface area contributed by atoms with Gasteiger partial charge in [-0.05, 0) is 67.4 Å². The molecule has 3 aromatic carbocycles. The SMILES string of the molecule is CC[C@@H]([C@H](C)OCc1ccccc1)n1ncn(-c2ccc(N3CCN(c4ccc(OC(C)=O)cc4)CC3)cc2)c1=O. The highest BCUT2D eigenvalue weighted by atomic mass is 16.5. The number of ether oxygens (including phenoxy) is 2. The quantitative estimate of drug-likeness (QED) is 0.205. The van der Waals surface area contributed by atoms with Gasteiger partial charge in [-0.15, -0.1) is 0 Å². The van der Waals surface area contributed by atoms with E-state index in [0.29, 0.717) is 12.4 Å². The molecule has 1 fully saturated rings. The summed E-state index contributed by atoms with van der Waals surface area (Å²) in [4.78, 5) is 29.2. The molecule has 9 nitrogen and oxygen atoms in total. The standard InChI is InChI=1S/C32H37N5O4/c1-4-31(24(2)40-22-26-8-6-5-7-9-26)37-32(39)36(23-33-37)29-12-10-27(11-13-29)34-18-20-35(21-19-34)28-14-16-30(17-15-28)41-25(3)38/h5-17,23-24,31H,4,18-22H2,1-3H3/t24-,31-/m0/s1. The zero-order chi connectivity index (χ0) is 28.8. The fraction of sp³-hybridized carbons (Fsp3) is 0.344. The number of hydrogen-bond donors (Lipinski definition) is 0. The molecule has 214 valence electrons. The molecule has 1 aliphatic rings. The summed E-state index contributed by atoms with van der Waals surface area (Å²) in [7, 11) is 0. The number of esters is 1. The Bertz CT molecular complexity index is 1470. The number of benzene rings is 3. The summed E-state index contributed by atoms with van der Waals surface area (Å²) in [6.07, 6.45) is 2.15. The summed E-state index contributed by atoms with van der Waals surface area (Å²) in [6.45, 7) is 9.45. The van der Waals surface area contributed by atoms with Crippen LogP contribution in [-0.4, -0.2) is 52.6 Å². The number of rotatable bonds is 10. The van der Waals surface area contributed by atoms with Gasteiger partial charge < -0.3 is 19.3 Å². The van der Waals surface area contributed by atoms with Gasteiger partial charge in [-0.3, -0.25) is 4.79 Å². The molecule has 0 amide bonds. The number of carbonyl (C=O) groups is 1. The van der Waals surface area contributed by atoms with E-state index in [2.05, 4.69) is 27.0 Å². The number of hydrogen-bond acceptors (Lipinski definition) is 7. The van der Waals surface area contributed by atoms with Gasteiger partial charge in [0.05, 0.1) is 24.4 Å². The lowest BCUT2D eigenvalue weighted by Crippen LogP contribution is -2.46. The van der Waals surface area contributed by atoms with Crippen molar-refractivity contribution in [1.82, 2.24) is 14.3 Å². The maximum Gasteiger partial charge on any atom is 0.350 e. The van der Waals surface area contributed by atoms with Gasteiger partial charge in [0.1, 0.15) is 12.1 Å². The van der Waals surface area contributed by atoms with Gasteiger partial charge in [-0.2, -0.15) is 5.10 Å². The van der Waals surface area contributed by atoms with Crippen LogP contribution < -0.4 is 20.2 Å². The van der Waals surface area contributed by atoms with Crippen LogP contribution in [0.4, 0.5) is 11.4 Å². The van der Waals surface area contributed by atoms with E-state index in [1.807, 2.05) is 80.6 Å². The predicted molar refractivity (Wildman–Crippen MR) is 160 cm³/mol. The highest BCUT2D eigenvalue weighted by molar-refractivity contribution is 5.69. The molecule has 1 aliphatic heterocycles. The normalized spacial score (nSPS) is 15.0. The molecule has 41 heavy (non-hydrogen) atoms. The fourth-order valence-corrected chi connectivity index (χ4v) is 5.28. The molecule has 5 rings (SSSR count). The third-order valence-electron chi connectivity index (χ3n) is 7.56. The van der Waals surface area contributed by atoms with Crippen molar-refractivity contribution in [2.24, 2.45) is 0 Å². The van der Waals surface area contributed by atoms with Gasteiger partial charge in [0.15, 0.2) is 0 Å². The lowest BCUT2D eigenvalue weighted by atomic mass is 10.1. The first kappa shape index (κ1) is 28.2. The van der Waals surface area contributed by atoms with Crippen molar-refractivity contribution in [3.8, 4) is 11.4 Å². The van der Waals surface area contributed by atoms with Crippen LogP contribution in [0.2, 0.25) is 0 Å². The summed E-state index contributed by atoms with van der Waals surface area (Å²) in [5.41, 5.74) is 3.94. The molecule has 0 bridgehead atoms. The first-order chi connectivity index (χ1) is 19.9. The van der Waals surface area contributed by atoms with Gasteiger partial charge in [0.25, 0.3) is 0 Å². The average Bonchev–Trinajstić information content (AvgIpc) is 3.38. The Balaban J connectivity index is 1.20. The van der Waals surface area contributed by atoms with E-state index in [4.69, 9.17) is 9.47 Å². The lowest BCUT2D eigenvalue weighted by molar-refractivity contribution is -0.131. The molecular weight excluding hydrogens is 518 g/mol. The molecule has 0 spiro atoms. The maximum atomic E-state index is 13.3. The zero-order valence-electron chi connectivity index (χ0n) is 23.8. The first-order valence-corrected chi connectivity index (χ1v) is 14.1. The second-order valence-electron chi connectivity index (χ2n) is 10.3. The molecule has 9 heteroatoms. The van der Waals surface area contributed by atoms with Gasteiger partial charge in [-0.25, -0.2) is 14.0 Å². The zero-order valence-corrected chi connectivity index (χ0v) is 23.8. The molecule has 0 saturated carbocycles. The van der Waals surface area contributed by atoms with E-state index in [9.17, 15) is 9.59 Å². The molecule has 0 radical (unpaired) electrons. The van der Waals surface area contributed by atoms with E-state index in [1.54, 1.807) is 15.6 Å². The van der Waals surface area contributed by atoms with Crippen LogP contribution in [0.1, 0.15) is 38.8 Å². The van der Waals surface area contributed by atoms with Crippen molar-refractivity contribution < 1.29 is 14.3 Å². The molecule has 0 N–H and O–H groups in total. The Labute approximate surface area is 240 Å². The molecule has 1 saturated heterocycles. The average molecular weight is 556 g/mol. The molecule has 4 aromatic rings. The number of anilines is 2. The summed E-state index contributed by atoms with van der Waals surface area (Å²) in [6, 6.07) is 25.6. The summed E-state index contributed by atoms with van der Waals surface area (Å²) < 4.78 is 14.4. The van der Waals surface area contributed by atoms with E-state index in [-0.39, 0.29) is 23.8 Å². The number of carbonyl (C=O) groups excluding carboxylic acids is 1. The van der Waals surface area contributed by atoms with Crippen molar-refractivity contribution >= 4 is 17.3 Å². The van der Waals surface area contributed by atoms with Crippen LogP contribution in [0.25, 0.3) is 5.69 Å². The van der Waals surface area contributed by atoms with Crippen molar-refractivity contribution in [3.63, 3.8) is 0 Å². The highest BCUT2D eigenvalue weighted by Gasteiger charge is 2.23. The Kier molecular flexibility index (Phi) is 8.84. The Morgan fingerprint density at radius 1 is 0.854 bits per heavy atom. The topological polar surface area (TPSA) is 81.8 Å². The van der Waals surface area contributed by atoms with E-state index < -0.39 is 0 Å². The summed E-state index contributed by atoms with van der Waals surface area (Å²) >= 11 is 0. The van der Waals surface area contributed by atoms with Crippen LogP contribution >= 0.6 is 0 Å². The second-order valence-corrected chi connectivity index (χ2v) is 10.3. The molecule has 0 unspecified atom stereocenters. The smallest absolute Gasteiger partial charge is 0.350 e. The van der Waals surface area contributed by atoms with Crippen LogP contribution in [0.5, 0.6) is 5.75 Å². The minimum Gasteiger partial charge on any atom is -0.427 e. The van der Waals surface area contributed by atoms with E-state index in [1.165, 1.54) is 6.92 Å². The number of aromatic nitrogens is 3. The Morgan fingerprint density at radius 2 is 1.41 bits per heavy atom. The minimum atomic E-state index is -0.319. The van der Waals surface area contributed by atoms with Crippen molar-refractivity contribution in [3.05, 3.63) is 101 Å². The third kappa shape index (κ3) is 6.69. The van der Waals surface area contributed by atoms with Gasteiger partial charge in [-0.1, -0.05) is 37.3 Å².